The molecule has 0 bridgehead atoms. The lowest BCUT2D eigenvalue weighted by atomic mass is 10.2. The Hall–Kier alpha value is -2.21. The second kappa shape index (κ2) is 8.06. The SMILES string of the molecule is COc1ccc(OCC(=O)N(c2ccccn2)C2CCSC2)cc1. The highest BCUT2D eigenvalue weighted by Gasteiger charge is 2.29. The Kier molecular flexibility index (Phi) is 5.59. The van der Waals surface area contributed by atoms with E-state index < -0.39 is 0 Å². The van der Waals surface area contributed by atoms with Crippen molar-refractivity contribution in [2.75, 3.05) is 30.1 Å². The average Bonchev–Trinajstić information content (AvgIpc) is 3.15. The summed E-state index contributed by atoms with van der Waals surface area (Å²) in [5.74, 6) is 4.02. The Morgan fingerprint density at radius 2 is 2.04 bits per heavy atom. The van der Waals surface area contributed by atoms with Gasteiger partial charge in [-0.05, 0) is 48.6 Å². The lowest BCUT2D eigenvalue weighted by Gasteiger charge is -2.27. The summed E-state index contributed by atoms with van der Waals surface area (Å²) in [7, 11) is 1.61. The molecular weight excluding hydrogens is 324 g/mol. The highest BCUT2D eigenvalue weighted by Crippen LogP contribution is 2.26. The lowest BCUT2D eigenvalue weighted by Crippen LogP contribution is -2.43. The third kappa shape index (κ3) is 4.00. The molecule has 0 N–H and O–H groups in total. The number of ether oxygens (including phenoxy) is 2. The second-order valence-corrected chi connectivity index (χ2v) is 6.58. The van der Waals surface area contributed by atoms with Crippen LogP contribution in [0.25, 0.3) is 0 Å². The molecule has 1 aromatic carbocycles. The molecule has 0 radical (unpaired) electrons. The summed E-state index contributed by atoms with van der Waals surface area (Å²) in [6.07, 6.45) is 2.69. The Balaban J connectivity index is 1.69. The number of pyridine rings is 1. The van der Waals surface area contributed by atoms with Crippen molar-refractivity contribution < 1.29 is 14.3 Å². The van der Waals surface area contributed by atoms with Gasteiger partial charge in [0.05, 0.1) is 7.11 Å². The number of thioether (sulfide) groups is 1. The number of amides is 1. The number of aromatic nitrogens is 1. The molecule has 2 heterocycles. The van der Waals surface area contributed by atoms with Crippen LogP contribution in [0.15, 0.2) is 48.7 Å². The number of rotatable bonds is 6. The molecule has 0 spiro atoms. The first-order valence-electron chi connectivity index (χ1n) is 7.85. The van der Waals surface area contributed by atoms with Crippen LogP contribution in [0.5, 0.6) is 11.5 Å². The van der Waals surface area contributed by atoms with Crippen LogP contribution < -0.4 is 14.4 Å². The molecule has 0 saturated carbocycles. The van der Waals surface area contributed by atoms with Gasteiger partial charge in [0, 0.05) is 18.0 Å². The number of hydrogen-bond acceptors (Lipinski definition) is 5. The number of anilines is 1. The zero-order chi connectivity index (χ0) is 16.8. The van der Waals surface area contributed by atoms with E-state index in [1.165, 1.54) is 0 Å². The smallest absolute Gasteiger partial charge is 0.266 e. The number of carbonyl (C=O) groups is 1. The van der Waals surface area contributed by atoms with E-state index in [9.17, 15) is 4.79 Å². The Bertz CT molecular complexity index is 658. The molecular formula is C18H20N2O3S. The van der Waals surface area contributed by atoms with Gasteiger partial charge in [0.15, 0.2) is 6.61 Å². The highest BCUT2D eigenvalue weighted by atomic mass is 32.2. The van der Waals surface area contributed by atoms with Crippen molar-refractivity contribution in [2.45, 2.75) is 12.5 Å². The van der Waals surface area contributed by atoms with E-state index in [4.69, 9.17) is 9.47 Å². The molecule has 1 aliphatic heterocycles. The number of benzene rings is 1. The van der Waals surface area contributed by atoms with Crippen LogP contribution in [0.2, 0.25) is 0 Å². The molecule has 1 amide bonds. The summed E-state index contributed by atoms with van der Waals surface area (Å²) in [6, 6.07) is 13.0. The first kappa shape index (κ1) is 16.6. The summed E-state index contributed by atoms with van der Waals surface area (Å²) in [5.41, 5.74) is 0. The molecule has 3 rings (SSSR count). The zero-order valence-corrected chi connectivity index (χ0v) is 14.4. The van der Waals surface area contributed by atoms with Gasteiger partial charge < -0.3 is 9.47 Å². The molecule has 1 aromatic heterocycles. The second-order valence-electron chi connectivity index (χ2n) is 5.43. The van der Waals surface area contributed by atoms with Crippen molar-refractivity contribution in [2.24, 2.45) is 0 Å². The third-order valence-electron chi connectivity index (χ3n) is 3.86. The molecule has 126 valence electrons. The van der Waals surface area contributed by atoms with Crippen molar-refractivity contribution in [1.82, 2.24) is 4.98 Å². The van der Waals surface area contributed by atoms with Gasteiger partial charge in [-0.1, -0.05) is 6.07 Å². The minimum Gasteiger partial charge on any atom is -0.497 e. The van der Waals surface area contributed by atoms with Gasteiger partial charge in [-0.15, -0.1) is 0 Å². The molecule has 1 aliphatic rings. The molecule has 24 heavy (non-hydrogen) atoms. The van der Waals surface area contributed by atoms with Gasteiger partial charge in [0.2, 0.25) is 0 Å². The Morgan fingerprint density at radius 1 is 1.25 bits per heavy atom. The van der Waals surface area contributed by atoms with Gasteiger partial charge in [0.25, 0.3) is 5.91 Å². The third-order valence-corrected chi connectivity index (χ3v) is 5.00. The van der Waals surface area contributed by atoms with Crippen LogP contribution in [-0.2, 0) is 4.79 Å². The van der Waals surface area contributed by atoms with E-state index in [0.29, 0.717) is 11.6 Å². The van der Waals surface area contributed by atoms with E-state index in [-0.39, 0.29) is 18.6 Å². The molecule has 1 saturated heterocycles. The van der Waals surface area contributed by atoms with Crippen molar-refractivity contribution in [3.05, 3.63) is 48.7 Å². The fourth-order valence-electron chi connectivity index (χ4n) is 2.63. The molecule has 1 atom stereocenters. The van der Waals surface area contributed by atoms with Crippen molar-refractivity contribution in [1.29, 1.82) is 0 Å². The van der Waals surface area contributed by atoms with Crippen LogP contribution in [0.4, 0.5) is 5.82 Å². The summed E-state index contributed by atoms with van der Waals surface area (Å²) in [4.78, 5) is 18.9. The van der Waals surface area contributed by atoms with Crippen LogP contribution >= 0.6 is 11.8 Å². The predicted octanol–water partition coefficient (Wildman–Crippen LogP) is 3.01. The molecule has 6 heteroatoms. The van der Waals surface area contributed by atoms with Crippen molar-refractivity contribution in [3.8, 4) is 11.5 Å². The zero-order valence-electron chi connectivity index (χ0n) is 13.6. The van der Waals surface area contributed by atoms with E-state index in [0.717, 1.165) is 23.7 Å². The number of methoxy groups -OCH3 is 1. The predicted molar refractivity (Wildman–Crippen MR) is 95.9 cm³/mol. The maximum atomic E-state index is 12.8. The number of hydrogen-bond donors (Lipinski definition) is 0. The number of nitrogens with zero attached hydrogens (tertiary/aromatic N) is 2. The van der Waals surface area contributed by atoms with Gasteiger partial charge in [-0.2, -0.15) is 11.8 Å². The van der Waals surface area contributed by atoms with E-state index in [1.54, 1.807) is 30.3 Å². The summed E-state index contributed by atoms with van der Waals surface area (Å²) in [5, 5.41) is 0. The topological polar surface area (TPSA) is 51.7 Å². The largest absolute Gasteiger partial charge is 0.497 e. The van der Waals surface area contributed by atoms with Crippen molar-refractivity contribution >= 4 is 23.5 Å². The quantitative estimate of drug-likeness (QED) is 0.806. The van der Waals surface area contributed by atoms with Crippen LogP contribution in [0.3, 0.4) is 0 Å². The Labute approximate surface area is 146 Å². The molecule has 1 fully saturated rings. The van der Waals surface area contributed by atoms with Gasteiger partial charge in [-0.25, -0.2) is 4.98 Å². The maximum absolute atomic E-state index is 12.8. The first-order valence-corrected chi connectivity index (χ1v) is 9.01. The molecule has 2 aromatic rings. The van der Waals surface area contributed by atoms with Crippen LogP contribution in [0.1, 0.15) is 6.42 Å². The molecule has 5 nitrogen and oxygen atoms in total. The lowest BCUT2D eigenvalue weighted by molar-refractivity contribution is -0.121. The van der Waals surface area contributed by atoms with E-state index in [2.05, 4.69) is 4.98 Å². The molecule has 0 aliphatic carbocycles. The monoisotopic (exact) mass is 344 g/mol. The summed E-state index contributed by atoms with van der Waals surface area (Å²) < 4.78 is 10.8. The van der Waals surface area contributed by atoms with Crippen LogP contribution in [0, 0.1) is 0 Å². The van der Waals surface area contributed by atoms with Gasteiger partial charge in [0.1, 0.15) is 17.3 Å². The summed E-state index contributed by atoms with van der Waals surface area (Å²) >= 11 is 1.86. The Morgan fingerprint density at radius 3 is 2.67 bits per heavy atom. The summed E-state index contributed by atoms with van der Waals surface area (Å²) in [6.45, 7) is -0.00985. The fourth-order valence-corrected chi connectivity index (χ4v) is 3.82. The maximum Gasteiger partial charge on any atom is 0.266 e. The first-order chi connectivity index (χ1) is 11.8. The highest BCUT2D eigenvalue weighted by molar-refractivity contribution is 7.99. The standard InChI is InChI=1S/C18H20N2O3S/c1-22-15-5-7-16(8-6-15)23-12-18(21)20(14-9-11-24-13-14)17-4-2-3-10-19-17/h2-8,10,14H,9,11-13H2,1H3. The average molecular weight is 344 g/mol. The number of carbonyl (C=O) groups excluding carboxylic acids is 1. The minimum atomic E-state index is -0.0722. The van der Waals surface area contributed by atoms with Crippen LogP contribution in [-0.4, -0.2) is 42.2 Å². The van der Waals surface area contributed by atoms with Gasteiger partial charge >= 0.3 is 0 Å². The van der Waals surface area contributed by atoms with Gasteiger partial charge in [-0.3, -0.25) is 9.69 Å². The normalized spacial score (nSPS) is 16.6. The van der Waals surface area contributed by atoms with Crippen molar-refractivity contribution in [3.63, 3.8) is 0 Å². The van der Waals surface area contributed by atoms with E-state index in [1.807, 2.05) is 42.1 Å². The molecule has 1 unspecified atom stereocenters. The minimum absolute atomic E-state index is 0.00985. The fraction of sp³-hybridized carbons (Fsp3) is 0.333. The van der Waals surface area contributed by atoms with E-state index >= 15 is 0 Å².